The Morgan fingerprint density at radius 1 is 0.800 bits per heavy atom. The van der Waals surface area contributed by atoms with Gasteiger partial charge in [0, 0.05) is 13.2 Å². The quantitative estimate of drug-likeness (QED) is 0.516. The molecule has 0 amide bonds. The minimum absolute atomic E-state index is 0.268. The van der Waals surface area contributed by atoms with Crippen LogP contribution in [0, 0.1) is 0 Å². The smallest absolute Gasteiger partial charge is 0.329 e. The van der Waals surface area contributed by atoms with Gasteiger partial charge in [-0.2, -0.15) is 0 Å². The Bertz CT molecular complexity index is 171. The van der Waals surface area contributed by atoms with Gasteiger partial charge < -0.3 is 19.7 Å². The van der Waals surface area contributed by atoms with Crippen LogP contribution in [0.2, 0.25) is 0 Å². The first-order chi connectivity index (χ1) is 7.13. The predicted octanol–water partition coefficient (Wildman–Crippen LogP) is 0.359. The van der Waals surface area contributed by atoms with Gasteiger partial charge in [0.2, 0.25) is 0 Å². The van der Waals surface area contributed by atoms with Crippen molar-refractivity contribution in [1.29, 1.82) is 0 Å². The van der Waals surface area contributed by atoms with Crippen molar-refractivity contribution in [2.75, 3.05) is 26.4 Å². The van der Waals surface area contributed by atoms with Crippen LogP contribution in [0.5, 0.6) is 0 Å². The summed E-state index contributed by atoms with van der Waals surface area (Å²) < 4.78 is 9.61. The molecule has 0 radical (unpaired) electrons. The van der Waals surface area contributed by atoms with E-state index < -0.39 is 11.9 Å². The molecular formula is C9H16O6. The highest BCUT2D eigenvalue weighted by atomic mass is 16.5. The van der Waals surface area contributed by atoms with Gasteiger partial charge in [-0.05, 0) is 19.3 Å². The van der Waals surface area contributed by atoms with Gasteiger partial charge in [-0.15, -0.1) is 0 Å². The Morgan fingerprint density at radius 2 is 1.20 bits per heavy atom. The molecule has 88 valence electrons. The van der Waals surface area contributed by atoms with E-state index in [0.29, 0.717) is 13.2 Å². The van der Waals surface area contributed by atoms with Crippen LogP contribution in [0.1, 0.15) is 19.3 Å². The van der Waals surface area contributed by atoms with Crippen molar-refractivity contribution >= 4 is 11.9 Å². The highest BCUT2D eigenvalue weighted by Gasteiger charge is 1.97. The molecule has 0 spiro atoms. The lowest BCUT2D eigenvalue weighted by atomic mass is 10.2. The second-order valence-electron chi connectivity index (χ2n) is 2.95. The number of carboxylic acid groups (broad SMARTS) is 2. The molecule has 0 aromatic carbocycles. The van der Waals surface area contributed by atoms with E-state index in [4.69, 9.17) is 19.7 Å². The van der Waals surface area contributed by atoms with E-state index in [-0.39, 0.29) is 13.2 Å². The van der Waals surface area contributed by atoms with Crippen LogP contribution < -0.4 is 0 Å². The highest BCUT2D eigenvalue weighted by molar-refractivity contribution is 5.68. The normalized spacial score (nSPS) is 10.1. The zero-order valence-corrected chi connectivity index (χ0v) is 8.48. The average molecular weight is 220 g/mol. The number of ether oxygens (including phenoxy) is 2. The van der Waals surface area contributed by atoms with Gasteiger partial charge in [0.15, 0.2) is 0 Å². The zero-order valence-electron chi connectivity index (χ0n) is 8.48. The molecule has 0 heterocycles. The molecule has 0 atom stereocenters. The van der Waals surface area contributed by atoms with Gasteiger partial charge in [0.25, 0.3) is 0 Å². The Balaban J connectivity index is 2.99. The number of hydrogen-bond donors (Lipinski definition) is 2. The Kier molecular flexibility index (Phi) is 8.70. The van der Waals surface area contributed by atoms with Gasteiger partial charge >= 0.3 is 11.9 Å². The summed E-state index contributed by atoms with van der Waals surface area (Å²) in [5, 5.41) is 16.5. The third-order valence-corrected chi connectivity index (χ3v) is 1.53. The molecule has 0 aliphatic carbocycles. The maximum absolute atomic E-state index is 10.0. The molecule has 0 aliphatic rings. The molecule has 0 bridgehead atoms. The lowest BCUT2D eigenvalue weighted by Crippen LogP contribution is -2.09. The molecule has 15 heavy (non-hydrogen) atoms. The first kappa shape index (κ1) is 13.9. The van der Waals surface area contributed by atoms with E-state index in [1.807, 2.05) is 0 Å². The van der Waals surface area contributed by atoms with Crippen LogP contribution in [0.4, 0.5) is 0 Å². The zero-order chi connectivity index (χ0) is 11.5. The summed E-state index contributed by atoms with van der Waals surface area (Å²) in [6, 6.07) is 0. The first-order valence-corrected chi connectivity index (χ1v) is 4.72. The van der Waals surface area contributed by atoms with Crippen molar-refractivity contribution < 1.29 is 29.3 Å². The lowest BCUT2D eigenvalue weighted by Gasteiger charge is -2.02. The van der Waals surface area contributed by atoms with Crippen LogP contribution >= 0.6 is 0 Å². The fraction of sp³-hybridized carbons (Fsp3) is 0.778. The van der Waals surface area contributed by atoms with Crippen LogP contribution in [-0.2, 0) is 19.1 Å². The van der Waals surface area contributed by atoms with Crippen molar-refractivity contribution in [1.82, 2.24) is 0 Å². The SMILES string of the molecule is O=C(O)COCCCCCOCC(=O)O. The summed E-state index contributed by atoms with van der Waals surface area (Å²) >= 11 is 0. The van der Waals surface area contributed by atoms with Gasteiger partial charge in [-0.25, -0.2) is 9.59 Å². The van der Waals surface area contributed by atoms with E-state index in [0.717, 1.165) is 19.3 Å². The summed E-state index contributed by atoms with van der Waals surface area (Å²) in [6.07, 6.45) is 2.34. The van der Waals surface area contributed by atoms with Crippen molar-refractivity contribution in [3.8, 4) is 0 Å². The van der Waals surface area contributed by atoms with Crippen molar-refractivity contribution in [2.45, 2.75) is 19.3 Å². The van der Waals surface area contributed by atoms with Gasteiger partial charge in [-0.1, -0.05) is 0 Å². The molecule has 6 nitrogen and oxygen atoms in total. The standard InChI is InChI=1S/C9H16O6/c10-8(11)6-14-4-2-1-3-5-15-7-9(12)13/h1-7H2,(H,10,11)(H,12,13). The first-order valence-electron chi connectivity index (χ1n) is 4.72. The molecular weight excluding hydrogens is 204 g/mol. The Hall–Kier alpha value is -1.14. The molecule has 0 fully saturated rings. The monoisotopic (exact) mass is 220 g/mol. The molecule has 0 saturated carbocycles. The van der Waals surface area contributed by atoms with E-state index in [1.165, 1.54) is 0 Å². The van der Waals surface area contributed by atoms with E-state index in [1.54, 1.807) is 0 Å². The highest BCUT2D eigenvalue weighted by Crippen LogP contribution is 1.96. The minimum Gasteiger partial charge on any atom is -0.480 e. The minimum atomic E-state index is -0.972. The van der Waals surface area contributed by atoms with E-state index in [2.05, 4.69) is 0 Å². The Labute approximate surface area is 87.8 Å². The van der Waals surface area contributed by atoms with Gasteiger partial charge in [0.1, 0.15) is 13.2 Å². The number of carboxylic acids is 2. The number of unbranched alkanes of at least 4 members (excludes halogenated alkanes) is 2. The summed E-state index contributed by atoms with van der Waals surface area (Å²) in [4.78, 5) is 20.1. The molecule has 0 aromatic rings. The maximum Gasteiger partial charge on any atom is 0.329 e. The lowest BCUT2D eigenvalue weighted by molar-refractivity contribution is -0.142. The number of rotatable bonds is 10. The van der Waals surface area contributed by atoms with Gasteiger partial charge in [0.05, 0.1) is 0 Å². The summed E-state index contributed by atoms with van der Waals surface area (Å²) in [5.41, 5.74) is 0. The topological polar surface area (TPSA) is 93.1 Å². The third kappa shape index (κ3) is 12.9. The largest absolute Gasteiger partial charge is 0.480 e. The van der Waals surface area contributed by atoms with E-state index >= 15 is 0 Å². The molecule has 0 aliphatic heterocycles. The predicted molar refractivity (Wildman–Crippen MR) is 50.8 cm³/mol. The maximum atomic E-state index is 10.0. The fourth-order valence-corrected chi connectivity index (χ4v) is 0.904. The second-order valence-corrected chi connectivity index (χ2v) is 2.95. The van der Waals surface area contributed by atoms with Crippen LogP contribution in [-0.4, -0.2) is 48.6 Å². The summed E-state index contributed by atoms with van der Waals surface area (Å²) in [6.45, 7) is 0.279. The molecule has 0 aromatic heterocycles. The molecule has 0 saturated heterocycles. The molecule has 0 unspecified atom stereocenters. The van der Waals surface area contributed by atoms with Crippen LogP contribution in [0.3, 0.4) is 0 Å². The molecule has 2 N–H and O–H groups in total. The van der Waals surface area contributed by atoms with Crippen LogP contribution in [0.15, 0.2) is 0 Å². The summed E-state index contributed by atoms with van der Waals surface area (Å²) in [5.74, 6) is -1.94. The average Bonchev–Trinajstić information content (AvgIpc) is 2.14. The van der Waals surface area contributed by atoms with Crippen molar-refractivity contribution in [2.24, 2.45) is 0 Å². The number of hydrogen-bond acceptors (Lipinski definition) is 4. The fourth-order valence-electron chi connectivity index (χ4n) is 0.904. The molecule has 0 rings (SSSR count). The number of aliphatic carboxylic acids is 2. The second kappa shape index (κ2) is 9.42. The van der Waals surface area contributed by atoms with Crippen molar-refractivity contribution in [3.63, 3.8) is 0 Å². The third-order valence-electron chi connectivity index (χ3n) is 1.53. The van der Waals surface area contributed by atoms with Gasteiger partial charge in [-0.3, -0.25) is 0 Å². The van der Waals surface area contributed by atoms with E-state index in [9.17, 15) is 9.59 Å². The van der Waals surface area contributed by atoms with Crippen LogP contribution in [0.25, 0.3) is 0 Å². The van der Waals surface area contributed by atoms with Crippen molar-refractivity contribution in [3.05, 3.63) is 0 Å². The summed E-state index contributed by atoms with van der Waals surface area (Å²) in [7, 11) is 0. The molecule has 6 heteroatoms. The number of carbonyl (C=O) groups is 2. The Morgan fingerprint density at radius 3 is 1.53 bits per heavy atom.